The number of alkyl halides is 3. The molecule has 0 aliphatic rings. The first-order valence-electron chi connectivity index (χ1n) is 5.04. The number of hydrogen-bond donors (Lipinski definition) is 2. The Morgan fingerprint density at radius 2 is 2.06 bits per heavy atom. The molecule has 0 fully saturated rings. The molecule has 100 valence electrons. The fourth-order valence-corrected chi connectivity index (χ4v) is 1.27. The van der Waals surface area contributed by atoms with Gasteiger partial charge in [-0.1, -0.05) is 6.07 Å². The van der Waals surface area contributed by atoms with Crippen LogP contribution in [0.2, 0.25) is 0 Å². The smallest absolute Gasteiger partial charge is 0.394 e. The Morgan fingerprint density at radius 1 is 1.44 bits per heavy atom. The van der Waals surface area contributed by atoms with Gasteiger partial charge in [0.2, 0.25) is 0 Å². The number of rotatable bonds is 3. The van der Waals surface area contributed by atoms with Crippen LogP contribution in [0.1, 0.15) is 22.8 Å². The second-order valence-corrected chi connectivity index (χ2v) is 3.72. The number of hydrogen-bond acceptors (Lipinski definition) is 2. The molecule has 0 aliphatic carbocycles. The van der Waals surface area contributed by atoms with Gasteiger partial charge in [0.1, 0.15) is 5.82 Å². The van der Waals surface area contributed by atoms with E-state index in [1.165, 1.54) is 6.92 Å². The van der Waals surface area contributed by atoms with Crippen LogP contribution in [-0.4, -0.2) is 23.7 Å². The van der Waals surface area contributed by atoms with Crippen LogP contribution < -0.4 is 5.32 Å². The minimum Gasteiger partial charge on any atom is -0.394 e. The van der Waals surface area contributed by atoms with Crippen molar-refractivity contribution in [1.29, 1.82) is 0 Å². The van der Waals surface area contributed by atoms with Crippen LogP contribution >= 0.6 is 0 Å². The van der Waals surface area contributed by atoms with Gasteiger partial charge in [-0.05, 0) is 19.1 Å². The first-order chi connectivity index (χ1) is 8.27. The van der Waals surface area contributed by atoms with E-state index in [-0.39, 0.29) is 0 Å². The van der Waals surface area contributed by atoms with Crippen LogP contribution in [0.15, 0.2) is 18.2 Å². The first kappa shape index (κ1) is 14.4. The quantitative estimate of drug-likeness (QED) is 0.821. The van der Waals surface area contributed by atoms with E-state index in [4.69, 9.17) is 5.11 Å². The number of benzene rings is 1. The predicted molar refractivity (Wildman–Crippen MR) is 55.4 cm³/mol. The van der Waals surface area contributed by atoms with E-state index in [9.17, 15) is 22.4 Å². The summed E-state index contributed by atoms with van der Waals surface area (Å²) in [5.74, 6) is -2.62. The van der Waals surface area contributed by atoms with Gasteiger partial charge < -0.3 is 10.4 Å². The summed E-state index contributed by atoms with van der Waals surface area (Å²) < 4.78 is 50.8. The lowest BCUT2D eigenvalue weighted by Gasteiger charge is -2.13. The highest BCUT2D eigenvalue weighted by Gasteiger charge is 2.35. The summed E-state index contributed by atoms with van der Waals surface area (Å²) in [6.45, 7) is 1.04. The van der Waals surface area contributed by atoms with E-state index in [2.05, 4.69) is 5.32 Å². The molecule has 1 amide bonds. The second-order valence-electron chi connectivity index (χ2n) is 3.72. The summed E-state index contributed by atoms with van der Waals surface area (Å²) in [5, 5.41) is 10.9. The summed E-state index contributed by atoms with van der Waals surface area (Å²) in [4.78, 5) is 11.5. The number of aliphatic hydroxyl groups excluding tert-OH is 1. The normalized spacial score (nSPS) is 13.2. The minimum atomic E-state index is -4.86. The molecule has 0 spiro atoms. The third-order valence-corrected chi connectivity index (χ3v) is 2.20. The molecule has 0 radical (unpaired) electrons. The Hall–Kier alpha value is -1.63. The standard InChI is InChI=1S/C11H11F4NO2/c1-6(5-17)16-10(18)7-3-2-4-8(9(7)12)11(13,14)15/h2-4,6,17H,5H2,1H3,(H,16,18)/t6-/m1/s1. The van der Waals surface area contributed by atoms with Crippen LogP contribution in [0.4, 0.5) is 17.6 Å². The lowest BCUT2D eigenvalue weighted by atomic mass is 10.1. The molecule has 2 N–H and O–H groups in total. The summed E-state index contributed by atoms with van der Waals surface area (Å²) in [6, 6.07) is 1.78. The summed E-state index contributed by atoms with van der Waals surface area (Å²) in [6.07, 6.45) is -4.86. The summed E-state index contributed by atoms with van der Waals surface area (Å²) in [7, 11) is 0. The minimum absolute atomic E-state index is 0.397. The van der Waals surface area contributed by atoms with Crippen molar-refractivity contribution < 1.29 is 27.5 Å². The molecule has 7 heteroatoms. The Balaban J connectivity index is 3.08. The van der Waals surface area contributed by atoms with E-state index >= 15 is 0 Å². The van der Waals surface area contributed by atoms with E-state index in [1.54, 1.807) is 0 Å². The van der Waals surface area contributed by atoms with Gasteiger partial charge in [0, 0.05) is 6.04 Å². The van der Waals surface area contributed by atoms with Gasteiger partial charge in [-0.3, -0.25) is 4.79 Å². The Morgan fingerprint density at radius 3 is 2.56 bits per heavy atom. The average Bonchev–Trinajstić information content (AvgIpc) is 2.27. The third-order valence-electron chi connectivity index (χ3n) is 2.20. The Bertz CT molecular complexity index is 445. The number of carbonyl (C=O) groups is 1. The van der Waals surface area contributed by atoms with Gasteiger partial charge in [0.05, 0.1) is 17.7 Å². The number of nitrogens with one attached hydrogen (secondary N) is 1. The van der Waals surface area contributed by atoms with Crippen LogP contribution in [0.5, 0.6) is 0 Å². The number of halogens is 4. The predicted octanol–water partition coefficient (Wildman–Crippen LogP) is 1.96. The lowest BCUT2D eigenvalue weighted by molar-refractivity contribution is -0.140. The van der Waals surface area contributed by atoms with Gasteiger partial charge in [0.25, 0.3) is 5.91 Å². The van der Waals surface area contributed by atoms with Crippen molar-refractivity contribution in [2.45, 2.75) is 19.1 Å². The number of aliphatic hydroxyl groups is 1. The molecule has 0 aromatic heterocycles. The van der Waals surface area contributed by atoms with Crippen molar-refractivity contribution in [2.24, 2.45) is 0 Å². The largest absolute Gasteiger partial charge is 0.419 e. The van der Waals surface area contributed by atoms with E-state index < -0.39 is 41.7 Å². The van der Waals surface area contributed by atoms with E-state index in [0.29, 0.717) is 6.07 Å². The Labute approximate surface area is 100 Å². The first-order valence-corrected chi connectivity index (χ1v) is 5.04. The molecular weight excluding hydrogens is 254 g/mol. The fraction of sp³-hybridized carbons (Fsp3) is 0.364. The molecule has 0 aliphatic heterocycles. The van der Waals surface area contributed by atoms with Crippen LogP contribution in [-0.2, 0) is 6.18 Å². The molecule has 3 nitrogen and oxygen atoms in total. The molecule has 0 bridgehead atoms. The van der Waals surface area contributed by atoms with Crippen molar-refractivity contribution >= 4 is 5.91 Å². The monoisotopic (exact) mass is 265 g/mol. The van der Waals surface area contributed by atoms with Crippen LogP contribution in [0, 0.1) is 5.82 Å². The molecule has 0 unspecified atom stereocenters. The maximum absolute atomic E-state index is 13.5. The van der Waals surface area contributed by atoms with Crippen LogP contribution in [0.25, 0.3) is 0 Å². The maximum atomic E-state index is 13.5. The SMILES string of the molecule is C[C@H](CO)NC(=O)c1cccc(C(F)(F)F)c1F. The molecule has 1 aromatic carbocycles. The van der Waals surface area contributed by atoms with E-state index in [1.807, 2.05) is 0 Å². The maximum Gasteiger partial charge on any atom is 0.419 e. The zero-order valence-electron chi connectivity index (χ0n) is 9.38. The average molecular weight is 265 g/mol. The summed E-state index contributed by atoms with van der Waals surface area (Å²) in [5.41, 5.74) is -2.20. The van der Waals surface area contributed by atoms with Crippen molar-refractivity contribution in [3.63, 3.8) is 0 Å². The molecular formula is C11H11F4NO2. The topological polar surface area (TPSA) is 49.3 Å². The fourth-order valence-electron chi connectivity index (χ4n) is 1.27. The molecule has 0 saturated heterocycles. The third kappa shape index (κ3) is 3.19. The van der Waals surface area contributed by atoms with Crippen molar-refractivity contribution in [2.75, 3.05) is 6.61 Å². The van der Waals surface area contributed by atoms with Crippen molar-refractivity contribution in [1.82, 2.24) is 5.32 Å². The number of amides is 1. The van der Waals surface area contributed by atoms with Gasteiger partial charge >= 0.3 is 6.18 Å². The van der Waals surface area contributed by atoms with Crippen LogP contribution in [0.3, 0.4) is 0 Å². The van der Waals surface area contributed by atoms with Gasteiger partial charge in [0.15, 0.2) is 0 Å². The zero-order valence-corrected chi connectivity index (χ0v) is 9.38. The molecule has 0 saturated carbocycles. The highest BCUT2D eigenvalue weighted by Crippen LogP contribution is 2.32. The Kier molecular flexibility index (Phi) is 4.28. The lowest BCUT2D eigenvalue weighted by Crippen LogP contribution is -2.35. The number of carbonyl (C=O) groups excluding carboxylic acids is 1. The molecule has 1 atom stereocenters. The van der Waals surface area contributed by atoms with Gasteiger partial charge in [-0.25, -0.2) is 4.39 Å². The molecule has 1 aromatic rings. The van der Waals surface area contributed by atoms with Gasteiger partial charge in [-0.15, -0.1) is 0 Å². The van der Waals surface area contributed by atoms with Crippen molar-refractivity contribution in [3.05, 3.63) is 35.1 Å². The molecule has 1 rings (SSSR count). The highest BCUT2D eigenvalue weighted by molar-refractivity contribution is 5.94. The highest BCUT2D eigenvalue weighted by atomic mass is 19.4. The van der Waals surface area contributed by atoms with E-state index in [0.717, 1.165) is 12.1 Å². The molecule has 0 heterocycles. The zero-order chi connectivity index (χ0) is 13.9. The summed E-state index contributed by atoms with van der Waals surface area (Å²) >= 11 is 0. The second kappa shape index (κ2) is 5.34. The van der Waals surface area contributed by atoms with Crippen molar-refractivity contribution in [3.8, 4) is 0 Å². The van der Waals surface area contributed by atoms with Gasteiger partial charge in [-0.2, -0.15) is 13.2 Å². The molecule has 18 heavy (non-hydrogen) atoms.